The highest BCUT2D eigenvalue weighted by Gasteiger charge is 2.50. The number of benzene rings is 3. The smallest absolute Gasteiger partial charge is 0.258 e. The average molecular weight is 634 g/mol. The van der Waals surface area contributed by atoms with Crippen LogP contribution in [0.15, 0.2) is 78.9 Å². The van der Waals surface area contributed by atoms with Crippen LogP contribution in [0, 0.1) is 0 Å². The molecule has 3 aromatic carbocycles. The Bertz CT molecular complexity index is 1520. The minimum Gasteiger partial charge on any atom is -0.493 e. The van der Waals surface area contributed by atoms with Crippen LogP contribution in [0.2, 0.25) is 0 Å². The SMILES string of the molecule is COc1ccccc1OCC(=O)NC(Cc1ccccc1)C(O)C(=O)N1CSC(C)(C)C1C(=O)NC1c2ccccc2CC1O. The van der Waals surface area contributed by atoms with Crippen LogP contribution in [0.25, 0.3) is 0 Å². The molecule has 4 N–H and O–H groups in total. The van der Waals surface area contributed by atoms with Crippen LogP contribution in [0.4, 0.5) is 0 Å². The summed E-state index contributed by atoms with van der Waals surface area (Å²) in [6.45, 7) is 3.38. The molecule has 0 radical (unpaired) electrons. The van der Waals surface area contributed by atoms with Gasteiger partial charge in [0.2, 0.25) is 5.91 Å². The third kappa shape index (κ3) is 7.27. The summed E-state index contributed by atoms with van der Waals surface area (Å²) in [4.78, 5) is 42.2. The number of carbonyl (C=O) groups excluding carboxylic acids is 3. The number of para-hydroxylation sites is 2. The van der Waals surface area contributed by atoms with Gasteiger partial charge < -0.3 is 35.2 Å². The van der Waals surface area contributed by atoms with Gasteiger partial charge in [-0.05, 0) is 49.1 Å². The highest BCUT2D eigenvalue weighted by Crippen LogP contribution is 2.41. The lowest BCUT2D eigenvalue weighted by Gasteiger charge is -2.34. The van der Waals surface area contributed by atoms with Gasteiger partial charge in [-0.15, -0.1) is 11.8 Å². The first-order valence-corrected chi connectivity index (χ1v) is 15.9. The van der Waals surface area contributed by atoms with E-state index in [4.69, 9.17) is 9.47 Å². The summed E-state index contributed by atoms with van der Waals surface area (Å²) in [5, 5.41) is 28.0. The second kappa shape index (κ2) is 13.9. The topological polar surface area (TPSA) is 137 Å². The normalized spacial score (nSPS) is 21.4. The molecule has 0 aromatic heterocycles. The summed E-state index contributed by atoms with van der Waals surface area (Å²) in [5.41, 5.74) is 2.62. The molecule has 3 amide bonds. The first-order valence-electron chi connectivity index (χ1n) is 14.9. The molecule has 5 rings (SSSR count). The zero-order valence-corrected chi connectivity index (χ0v) is 26.3. The van der Waals surface area contributed by atoms with Crippen molar-refractivity contribution in [2.24, 2.45) is 0 Å². The number of aliphatic hydroxyl groups is 2. The monoisotopic (exact) mass is 633 g/mol. The maximum atomic E-state index is 14.0. The number of rotatable bonds is 11. The van der Waals surface area contributed by atoms with E-state index in [2.05, 4.69) is 10.6 Å². The lowest BCUT2D eigenvalue weighted by Crippen LogP contribution is -2.59. The first kappa shape index (κ1) is 32.3. The number of methoxy groups -OCH3 is 1. The Morgan fingerprint density at radius 3 is 2.40 bits per heavy atom. The molecule has 1 aliphatic carbocycles. The molecule has 0 bridgehead atoms. The Labute approximate surface area is 267 Å². The summed E-state index contributed by atoms with van der Waals surface area (Å²) in [6, 6.07) is 21.2. The summed E-state index contributed by atoms with van der Waals surface area (Å²) < 4.78 is 10.3. The van der Waals surface area contributed by atoms with Crippen LogP contribution < -0.4 is 20.1 Å². The molecule has 1 aliphatic heterocycles. The molecule has 0 saturated carbocycles. The zero-order valence-electron chi connectivity index (χ0n) is 25.5. The number of hydrogen-bond acceptors (Lipinski definition) is 8. The van der Waals surface area contributed by atoms with Gasteiger partial charge in [0, 0.05) is 11.2 Å². The Balaban J connectivity index is 1.32. The predicted octanol–water partition coefficient (Wildman–Crippen LogP) is 2.62. The van der Waals surface area contributed by atoms with E-state index in [1.165, 1.54) is 23.8 Å². The Hall–Kier alpha value is -4.06. The highest BCUT2D eigenvalue weighted by molar-refractivity contribution is 8.00. The molecule has 238 valence electrons. The van der Waals surface area contributed by atoms with Gasteiger partial charge in [0.15, 0.2) is 24.2 Å². The van der Waals surface area contributed by atoms with Crippen molar-refractivity contribution in [2.75, 3.05) is 19.6 Å². The number of nitrogens with one attached hydrogen (secondary N) is 2. The molecule has 5 atom stereocenters. The quantitative estimate of drug-likeness (QED) is 0.253. The Morgan fingerprint density at radius 2 is 1.67 bits per heavy atom. The fraction of sp³-hybridized carbons (Fsp3) is 0.382. The Kier molecular flexibility index (Phi) is 10.0. The molecule has 1 fully saturated rings. The van der Waals surface area contributed by atoms with Crippen molar-refractivity contribution in [3.63, 3.8) is 0 Å². The minimum atomic E-state index is -1.65. The molecule has 1 saturated heterocycles. The standard InChI is InChI=1S/C34H39N3O7S/c1-34(2)31(32(41)36-29-23-14-8-7-13-22(23)18-25(29)38)37(20-45-34)33(42)30(40)24(17-21-11-5-4-6-12-21)35-28(39)19-44-27-16-10-9-15-26(27)43-3/h4-16,24-25,29-31,38,40H,17-20H2,1-3H3,(H,35,39)(H,36,41). The van der Waals surface area contributed by atoms with Gasteiger partial charge in [0.1, 0.15) is 6.04 Å². The van der Waals surface area contributed by atoms with Gasteiger partial charge >= 0.3 is 0 Å². The minimum absolute atomic E-state index is 0.167. The van der Waals surface area contributed by atoms with E-state index in [1.807, 2.05) is 68.4 Å². The van der Waals surface area contributed by atoms with Crippen molar-refractivity contribution in [1.29, 1.82) is 0 Å². The van der Waals surface area contributed by atoms with Crippen LogP contribution in [-0.2, 0) is 27.2 Å². The van der Waals surface area contributed by atoms with Crippen molar-refractivity contribution >= 4 is 29.5 Å². The summed E-state index contributed by atoms with van der Waals surface area (Å²) in [7, 11) is 1.50. The predicted molar refractivity (Wildman–Crippen MR) is 171 cm³/mol. The number of aliphatic hydroxyl groups excluding tert-OH is 2. The van der Waals surface area contributed by atoms with Crippen LogP contribution in [-0.4, -0.2) is 81.5 Å². The van der Waals surface area contributed by atoms with Gasteiger partial charge in [-0.2, -0.15) is 0 Å². The average Bonchev–Trinajstić information content (AvgIpc) is 3.53. The lowest BCUT2D eigenvalue weighted by atomic mass is 9.96. The zero-order chi connectivity index (χ0) is 32.1. The third-order valence-corrected chi connectivity index (χ3v) is 9.66. The molecular weight excluding hydrogens is 594 g/mol. The molecule has 45 heavy (non-hydrogen) atoms. The van der Waals surface area contributed by atoms with Crippen LogP contribution in [0.1, 0.15) is 36.6 Å². The summed E-state index contributed by atoms with van der Waals surface area (Å²) >= 11 is 1.42. The summed E-state index contributed by atoms with van der Waals surface area (Å²) in [6.07, 6.45) is -1.85. The van der Waals surface area contributed by atoms with E-state index in [0.29, 0.717) is 17.9 Å². The second-order valence-corrected chi connectivity index (χ2v) is 13.4. The first-order chi connectivity index (χ1) is 21.6. The maximum absolute atomic E-state index is 14.0. The molecule has 3 aromatic rings. The lowest BCUT2D eigenvalue weighted by molar-refractivity contribution is -0.148. The van der Waals surface area contributed by atoms with E-state index in [9.17, 15) is 24.6 Å². The number of amides is 3. The van der Waals surface area contributed by atoms with Crippen molar-refractivity contribution in [1.82, 2.24) is 15.5 Å². The van der Waals surface area contributed by atoms with Gasteiger partial charge in [-0.1, -0.05) is 66.7 Å². The van der Waals surface area contributed by atoms with Crippen LogP contribution in [0.3, 0.4) is 0 Å². The molecule has 1 heterocycles. The van der Waals surface area contributed by atoms with E-state index >= 15 is 0 Å². The molecule has 10 nitrogen and oxygen atoms in total. The van der Waals surface area contributed by atoms with Crippen LogP contribution in [0.5, 0.6) is 11.5 Å². The molecule has 0 spiro atoms. The maximum Gasteiger partial charge on any atom is 0.258 e. The molecule has 5 unspecified atom stereocenters. The fourth-order valence-corrected chi connectivity index (χ4v) is 7.11. The van der Waals surface area contributed by atoms with E-state index in [0.717, 1.165) is 16.7 Å². The van der Waals surface area contributed by atoms with Crippen molar-refractivity contribution < 1.29 is 34.1 Å². The van der Waals surface area contributed by atoms with Crippen molar-refractivity contribution in [2.45, 2.75) is 61.8 Å². The van der Waals surface area contributed by atoms with E-state index in [1.54, 1.807) is 24.3 Å². The highest BCUT2D eigenvalue weighted by atomic mass is 32.2. The van der Waals surface area contributed by atoms with Crippen molar-refractivity contribution in [3.05, 3.63) is 95.6 Å². The number of fused-ring (bicyclic) bond motifs is 1. The number of hydrogen-bond donors (Lipinski definition) is 4. The molecule has 11 heteroatoms. The van der Waals surface area contributed by atoms with Crippen LogP contribution >= 0.6 is 11.8 Å². The number of nitrogens with zero attached hydrogens (tertiary/aromatic N) is 1. The van der Waals surface area contributed by atoms with E-state index in [-0.39, 0.29) is 18.9 Å². The van der Waals surface area contributed by atoms with Gasteiger partial charge in [-0.3, -0.25) is 14.4 Å². The molecule has 2 aliphatic rings. The third-order valence-electron chi connectivity index (χ3n) is 8.29. The summed E-state index contributed by atoms with van der Waals surface area (Å²) in [5.74, 6) is -0.603. The number of carbonyl (C=O) groups is 3. The number of thioether (sulfide) groups is 1. The van der Waals surface area contributed by atoms with Gasteiger partial charge in [-0.25, -0.2) is 0 Å². The largest absolute Gasteiger partial charge is 0.493 e. The molecular formula is C34H39N3O7S. The second-order valence-electron chi connectivity index (χ2n) is 11.8. The van der Waals surface area contributed by atoms with E-state index < -0.39 is 52.8 Å². The van der Waals surface area contributed by atoms with Crippen molar-refractivity contribution in [3.8, 4) is 11.5 Å². The Morgan fingerprint density at radius 1 is 1.00 bits per heavy atom. The van der Waals surface area contributed by atoms with Gasteiger partial charge in [0.05, 0.1) is 31.2 Å². The fourth-order valence-electron chi connectivity index (χ4n) is 5.97. The van der Waals surface area contributed by atoms with Gasteiger partial charge in [0.25, 0.3) is 11.8 Å². The number of ether oxygens (including phenoxy) is 2.